The summed E-state index contributed by atoms with van der Waals surface area (Å²) in [5.74, 6) is 0.790. The molecule has 6 heteroatoms. The van der Waals surface area contributed by atoms with Crippen LogP contribution in [0.1, 0.15) is 25.1 Å². The lowest BCUT2D eigenvalue weighted by atomic mass is 10.1. The van der Waals surface area contributed by atoms with E-state index in [1.807, 2.05) is 54.6 Å². The fourth-order valence-electron chi connectivity index (χ4n) is 2.93. The Balaban J connectivity index is 0.00000280. The molecule has 5 nitrogen and oxygen atoms in total. The largest absolute Gasteiger partial charge is 0.492 e. The van der Waals surface area contributed by atoms with E-state index in [0.29, 0.717) is 23.5 Å². The lowest BCUT2D eigenvalue weighted by Gasteiger charge is -2.18. The van der Waals surface area contributed by atoms with Crippen LogP contribution in [0.25, 0.3) is 22.6 Å². The number of benzene rings is 2. The van der Waals surface area contributed by atoms with Gasteiger partial charge < -0.3 is 14.2 Å². The van der Waals surface area contributed by atoms with Gasteiger partial charge in [0.1, 0.15) is 24.1 Å². The summed E-state index contributed by atoms with van der Waals surface area (Å²) < 4.78 is 11.2. The molecular formula is C22H24ClN3O2. The van der Waals surface area contributed by atoms with Gasteiger partial charge in [-0.3, -0.25) is 0 Å². The minimum absolute atomic E-state index is 0. The minimum atomic E-state index is 0. The predicted octanol–water partition coefficient (Wildman–Crippen LogP) is 5.03. The van der Waals surface area contributed by atoms with E-state index in [1.165, 1.54) is 0 Å². The second-order valence-electron chi connectivity index (χ2n) is 6.14. The number of rotatable bonds is 8. The van der Waals surface area contributed by atoms with Crippen LogP contribution < -0.4 is 4.74 Å². The summed E-state index contributed by atoms with van der Waals surface area (Å²) in [4.78, 5) is 2.31. The Morgan fingerprint density at radius 1 is 1.18 bits per heavy atom. The standard InChI is InChI=1S/C22H23N3O2.ClH/c1-3-25(4-2)12-13-26-19-9-7-8-17(15-19)14-18(16-23)22-20-10-5-6-11-21(20)27-24-22;/h5-11,14-15H,3-4,12-13H2,1-2H3;1H/b18-14+;. The Hall–Kier alpha value is -2.81. The predicted molar refractivity (Wildman–Crippen MR) is 114 cm³/mol. The molecule has 0 saturated carbocycles. The molecule has 0 spiro atoms. The third-order valence-corrected chi connectivity index (χ3v) is 4.49. The molecule has 0 unspecified atom stereocenters. The Kier molecular flexibility index (Phi) is 8.06. The number of nitrogens with zero attached hydrogens (tertiary/aromatic N) is 3. The fraction of sp³-hybridized carbons (Fsp3) is 0.273. The maximum atomic E-state index is 9.61. The van der Waals surface area contributed by atoms with Crippen LogP contribution in [0.2, 0.25) is 0 Å². The van der Waals surface area contributed by atoms with Gasteiger partial charge >= 0.3 is 0 Å². The van der Waals surface area contributed by atoms with E-state index in [2.05, 4.69) is 30.0 Å². The summed E-state index contributed by atoms with van der Waals surface area (Å²) in [6.45, 7) is 7.84. The molecule has 3 aromatic rings. The van der Waals surface area contributed by atoms with Gasteiger partial charge in [0, 0.05) is 6.54 Å². The highest BCUT2D eigenvalue weighted by Crippen LogP contribution is 2.26. The van der Waals surface area contributed by atoms with Gasteiger partial charge in [0.2, 0.25) is 0 Å². The second kappa shape index (κ2) is 10.5. The number of halogens is 1. The van der Waals surface area contributed by atoms with Crippen molar-refractivity contribution in [2.75, 3.05) is 26.2 Å². The number of hydrogen-bond donors (Lipinski definition) is 0. The van der Waals surface area contributed by atoms with E-state index < -0.39 is 0 Å². The van der Waals surface area contributed by atoms with Crippen LogP contribution in [0.15, 0.2) is 53.1 Å². The van der Waals surface area contributed by atoms with E-state index in [1.54, 1.807) is 0 Å². The zero-order valence-corrected chi connectivity index (χ0v) is 16.9. The molecule has 0 saturated heterocycles. The van der Waals surface area contributed by atoms with Crippen molar-refractivity contribution in [3.05, 3.63) is 59.8 Å². The molecule has 0 atom stereocenters. The number of likely N-dealkylation sites (N-methyl/N-ethyl adjacent to an activating group) is 1. The summed E-state index contributed by atoms with van der Waals surface area (Å²) in [6, 6.07) is 17.5. The number of ether oxygens (including phenoxy) is 1. The average Bonchev–Trinajstić information content (AvgIpc) is 3.14. The van der Waals surface area contributed by atoms with E-state index in [9.17, 15) is 5.26 Å². The molecule has 0 aliphatic heterocycles. The van der Waals surface area contributed by atoms with Gasteiger partial charge in [0.05, 0.1) is 11.0 Å². The molecule has 0 fully saturated rings. The topological polar surface area (TPSA) is 62.3 Å². The molecule has 1 aromatic heterocycles. The highest BCUT2D eigenvalue weighted by molar-refractivity contribution is 5.98. The first kappa shape index (κ1) is 21.5. The third kappa shape index (κ3) is 5.13. The average molecular weight is 398 g/mol. The van der Waals surface area contributed by atoms with Gasteiger partial charge in [-0.05, 0) is 49.0 Å². The van der Waals surface area contributed by atoms with E-state index in [-0.39, 0.29) is 12.4 Å². The van der Waals surface area contributed by atoms with Crippen molar-refractivity contribution in [1.29, 1.82) is 5.26 Å². The zero-order valence-electron chi connectivity index (χ0n) is 16.1. The first-order valence-corrected chi connectivity index (χ1v) is 9.17. The molecule has 0 N–H and O–H groups in total. The van der Waals surface area contributed by atoms with E-state index in [4.69, 9.17) is 9.26 Å². The number of hydrogen-bond acceptors (Lipinski definition) is 5. The van der Waals surface area contributed by atoms with Crippen molar-refractivity contribution in [1.82, 2.24) is 10.1 Å². The van der Waals surface area contributed by atoms with Gasteiger partial charge in [-0.1, -0.05) is 43.3 Å². The summed E-state index contributed by atoms with van der Waals surface area (Å²) >= 11 is 0. The van der Waals surface area contributed by atoms with Crippen LogP contribution in [0.3, 0.4) is 0 Å². The molecule has 0 radical (unpaired) electrons. The monoisotopic (exact) mass is 397 g/mol. The van der Waals surface area contributed by atoms with Gasteiger partial charge in [-0.2, -0.15) is 5.26 Å². The lowest BCUT2D eigenvalue weighted by molar-refractivity contribution is 0.223. The van der Waals surface area contributed by atoms with Crippen molar-refractivity contribution in [2.45, 2.75) is 13.8 Å². The molecular weight excluding hydrogens is 374 g/mol. The van der Waals surface area contributed by atoms with Crippen molar-refractivity contribution < 1.29 is 9.26 Å². The van der Waals surface area contributed by atoms with Gasteiger partial charge in [-0.15, -0.1) is 12.4 Å². The Bertz CT molecular complexity index is 971. The summed E-state index contributed by atoms with van der Waals surface area (Å²) in [6.07, 6.45) is 1.81. The van der Waals surface area contributed by atoms with Crippen molar-refractivity contribution in [3.8, 4) is 11.8 Å². The second-order valence-corrected chi connectivity index (χ2v) is 6.14. The van der Waals surface area contributed by atoms with E-state index in [0.717, 1.165) is 36.3 Å². The molecule has 0 aliphatic carbocycles. The summed E-state index contributed by atoms with van der Waals surface area (Å²) in [5, 5.41) is 14.5. The molecule has 28 heavy (non-hydrogen) atoms. The van der Waals surface area contributed by atoms with Crippen molar-refractivity contribution in [2.24, 2.45) is 0 Å². The quantitative estimate of drug-likeness (QED) is 0.498. The van der Waals surface area contributed by atoms with Gasteiger partial charge in [0.15, 0.2) is 5.58 Å². The fourth-order valence-corrected chi connectivity index (χ4v) is 2.93. The first-order valence-electron chi connectivity index (χ1n) is 9.17. The maximum Gasteiger partial charge on any atom is 0.167 e. The van der Waals surface area contributed by atoms with Crippen molar-refractivity contribution >= 4 is 35.0 Å². The van der Waals surface area contributed by atoms with Crippen LogP contribution in [-0.4, -0.2) is 36.3 Å². The zero-order chi connectivity index (χ0) is 19.1. The van der Waals surface area contributed by atoms with Crippen LogP contribution in [0, 0.1) is 11.3 Å². The summed E-state index contributed by atoms with van der Waals surface area (Å²) in [5.41, 5.74) is 2.57. The Labute approximate surface area is 171 Å². The molecule has 0 bridgehead atoms. The molecule has 0 aliphatic rings. The lowest BCUT2D eigenvalue weighted by Crippen LogP contribution is -2.27. The first-order chi connectivity index (χ1) is 13.2. The van der Waals surface area contributed by atoms with Gasteiger partial charge in [-0.25, -0.2) is 0 Å². The number of allylic oxidation sites excluding steroid dienone is 1. The molecule has 146 valence electrons. The SMILES string of the molecule is CCN(CC)CCOc1cccc(/C=C(\C#N)c2noc3ccccc23)c1.Cl. The van der Waals surface area contributed by atoms with Crippen LogP contribution in [-0.2, 0) is 0 Å². The van der Waals surface area contributed by atoms with Crippen LogP contribution in [0.4, 0.5) is 0 Å². The number of para-hydroxylation sites is 1. The smallest absolute Gasteiger partial charge is 0.167 e. The molecule has 0 amide bonds. The number of aromatic nitrogens is 1. The highest BCUT2D eigenvalue weighted by Gasteiger charge is 2.12. The Morgan fingerprint density at radius 2 is 1.96 bits per heavy atom. The van der Waals surface area contributed by atoms with E-state index >= 15 is 0 Å². The van der Waals surface area contributed by atoms with Gasteiger partial charge in [0.25, 0.3) is 0 Å². The maximum absolute atomic E-state index is 9.61. The molecule has 3 rings (SSSR count). The third-order valence-electron chi connectivity index (χ3n) is 4.49. The summed E-state index contributed by atoms with van der Waals surface area (Å²) in [7, 11) is 0. The molecule has 2 aromatic carbocycles. The number of nitriles is 1. The number of fused-ring (bicyclic) bond motifs is 1. The van der Waals surface area contributed by atoms with Crippen LogP contribution in [0.5, 0.6) is 5.75 Å². The minimum Gasteiger partial charge on any atom is -0.492 e. The highest BCUT2D eigenvalue weighted by atomic mass is 35.5. The van der Waals surface area contributed by atoms with Crippen LogP contribution >= 0.6 is 12.4 Å². The Morgan fingerprint density at radius 3 is 2.71 bits per heavy atom. The molecule has 1 heterocycles. The normalized spacial score (nSPS) is 11.3. The van der Waals surface area contributed by atoms with Crippen molar-refractivity contribution in [3.63, 3.8) is 0 Å².